The lowest BCUT2D eigenvalue weighted by molar-refractivity contribution is 0.973. The number of aromatic amines is 2. The average Bonchev–Trinajstić information content (AvgIpc) is 2.85. The molecule has 0 fully saturated rings. The zero-order valence-corrected chi connectivity index (χ0v) is 8.95. The standard InChI is InChI=1S/C9H8N6S/c10-15-8(13-14-9(15)16)7-5-3-1-2-4-6(5)11-12-7/h1-4H,10H2,(H,11,12)(H,14,16). The van der Waals surface area contributed by atoms with Gasteiger partial charge in [-0.1, -0.05) is 18.2 Å². The summed E-state index contributed by atoms with van der Waals surface area (Å²) in [5.41, 5.74) is 1.62. The van der Waals surface area contributed by atoms with Crippen molar-refractivity contribution in [3.8, 4) is 11.5 Å². The molecular weight excluding hydrogens is 224 g/mol. The Morgan fingerprint density at radius 1 is 1.19 bits per heavy atom. The van der Waals surface area contributed by atoms with E-state index in [0.29, 0.717) is 16.3 Å². The number of para-hydroxylation sites is 1. The SMILES string of the molecule is Nn1c(-c2n[nH]c3ccccc23)n[nH]c1=S. The molecule has 0 unspecified atom stereocenters. The van der Waals surface area contributed by atoms with Gasteiger partial charge in [0.25, 0.3) is 0 Å². The molecule has 2 aromatic heterocycles. The average molecular weight is 232 g/mol. The van der Waals surface area contributed by atoms with E-state index in [0.717, 1.165) is 10.9 Å². The smallest absolute Gasteiger partial charge is 0.214 e. The molecule has 1 aromatic carbocycles. The predicted molar refractivity (Wildman–Crippen MR) is 62.6 cm³/mol. The summed E-state index contributed by atoms with van der Waals surface area (Å²) in [6.45, 7) is 0. The maximum atomic E-state index is 5.75. The minimum Gasteiger partial charge on any atom is -0.335 e. The van der Waals surface area contributed by atoms with Crippen LogP contribution in [0.25, 0.3) is 22.4 Å². The number of nitrogens with two attached hydrogens (primary N) is 1. The van der Waals surface area contributed by atoms with Gasteiger partial charge >= 0.3 is 0 Å². The summed E-state index contributed by atoms with van der Waals surface area (Å²) in [5.74, 6) is 6.27. The summed E-state index contributed by atoms with van der Waals surface area (Å²) in [4.78, 5) is 0. The Hall–Kier alpha value is -2.15. The molecule has 0 amide bonds. The highest BCUT2D eigenvalue weighted by Crippen LogP contribution is 2.23. The van der Waals surface area contributed by atoms with E-state index in [1.54, 1.807) is 0 Å². The summed E-state index contributed by atoms with van der Waals surface area (Å²) < 4.78 is 1.67. The Morgan fingerprint density at radius 3 is 2.75 bits per heavy atom. The number of nitrogens with one attached hydrogen (secondary N) is 2. The lowest BCUT2D eigenvalue weighted by atomic mass is 10.2. The Balaban J connectivity index is 2.34. The van der Waals surface area contributed by atoms with Crippen LogP contribution in [0.15, 0.2) is 24.3 Å². The molecule has 0 saturated carbocycles. The van der Waals surface area contributed by atoms with Gasteiger partial charge in [0.2, 0.25) is 10.6 Å². The molecule has 16 heavy (non-hydrogen) atoms. The van der Waals surface area contributed by atoms with Crippen molar-refractivity contribution in [1.82, 2.24) is 25.1 Å². The van der Waals surface area contributed by atoms with Crippen LogP contribution in [-0.4, -0.2) is 25.1 Å². The molecule has 0 saturated heterocycles. The third kappa shape index (κ3) is 1.15. The van der Waals surface area contributed by atoms with E-state index in [4.69, 9.17) is 18.1 Å². The fraction of sp³-hybridized carbons (Fsp3) is 0. The number of nitrogens with zero attached hydrogens (tertiary/aromatic N) is 3. The van der Waals surface area contributed by atoms with Crippen molar-refractivity contribution in [1.29, 1.82) is 0 Å². The van der Waals surface area contributed by atoms with Crippen molar-refractivity contribution in [3.63, 3.8) is 0 Å². The number of hydrogen-bond acceptors (Lipinski definition) is 4. The van der Waals surface area contributed by atoms with Gasteiger partial charge in [-0.05, 0) is 18.3 Å². The van der Waals surface area contributed by atoms with Crippen LogP contribution in [0, 0.1) is 4.77 Å². The second kappa shape index (κ2) is 3.17. The summed E-state index contributed by atoms with van der Waals surface area (Å²) >= 11 is 4.95. The van der Waals surface area contributed by atoms with Gasteiger partial charge in [0, 0.05) is 5.39 Å². The summed E-state index contributed by atoms with van der Waals surface area (Å²) in [6.07, 6.45) is 0. The molecule has 4 N–H and O–H groups in total. The van der Waals surface area contributed by atoms with Crippen LogP contribution in [-0.2, 0) is 0 Å². The van der Waals surface area contributed by atoms with Crippen molar-refractivity contribution in [2.24, 2.45) is 0 Å². The Morgan fingerprint density at radius 2 is 2.00 bits per heavy atom. The maximum absolute atomic E-state index is 5.75. The number of hydrogen-bond donors (Lipinski definition) is 3. The molecule has 80 valence electrons. The molecule has 0 aliphatic rings. The van der Waals surface area contributed by atoms with E-state index in [1.165, 1.54) is 4.68 Å². The Bertz CT molecular complexity index is 706. The second-order valence-electron chi connectivity index (χ2n) is 3.34. The number of nitrogen functional groups attached to an aromatic ring is 1. The zero-order valence-electron chi connectivity index (χ0n) is 8.14. The van der Waals surface area contributed by atoms with Crippen LogP contribution in [0.5, 0.6) is 0 Å². The Kier molecular flexibility index (Phi) is 1.80. The van der Waals surface area contributed by atoms with Crippen LogP contribution in [0.4, 0.5) is 0 Å². The molecule has 0 aliphatic heterocycles. The van der Waals surface area contributed by atoms with Crippen LogP contribution in [0.1, 0.15) is 0 Å². The van der Waals surface area contributed by atoms with Crippen molar-refractivity contribution in [3.05, 3.63) is 29.0 Å². The van der Waals surface area contributed by atoms with Gasteiger partial charge in [-0.3, -0.25) is 5.10 Å². The third-order valence-electron chi connectivity index (χ3n) is 2.39. The van der Waals surface area contributed by atoms with Crippen LogP contribution < -0.4 is 5.84 Å². The van der Waals surface area contributed by atoms with Crippen molar-refractivity contribution in [2.75, 3.05) is 5.84 Å². The normalized spacial score (nSPS) is 11.0. The molecule has 3 rings (SSSR count). The first-order valence-corrected chi connectivity index (χ1v) is 5.04. The van der Waals surface area contributed by atoms with Crippen molar-refractivity contribution in [2.45, 2.75) is 0 Å². The second-order valence-corrected chi connectivity index (χ2v) is 3.73. The van der Waals surface area contributed by atoms with E-state index in [2.05, 4.69) is 20.4 Å². The number of rotatable bonds is 1. The first-order chi connectivity index (χ1) is 7.77. The fourth-order valence-electron chi connectivity index (χ4n) is 1.61. The van der Waals surface area contributed by atoms with E-state index in [1.807, 2.05) is 24.3 Å². The highest BCUT2D eigenvalue weighted by Gasteiger charge is 2.13. The first-order valence-electron chi connectivity index (χ1n) is 4.63. The number of H-pyrrole nitrogens is 2. The quantitative estimate of drug-likeness (QED) is 0.434. The molecule has 6 nitrogen and oxygen atoms in total. The number of aromatic nitrogens is 5. The minimum atomic E-state index is 0.363. The monoisotopic (exact) mass is 232 g/mol. The lowest BCUT2D eigenvalue weighted by Crippen LogP contribution is -2.10. The summed E-state index contributed by atoms with van der Waals surface area (Å²) in [6, 6.07) is 7.76. The third-order valence-corrected chi connectivity index (χ3v) is 2.67. The van der Waals surface area contributed by atoms with Gasteiger partial charge < -0.3 is 5.84 Å². The lowest BCUT2D eigenvalue weighted by Gasteiger charge is -1.95. The molecule has 2 heterocycles. The minimum absolute atomic E-state index is 0.363. The maximum Gasteiger partial charge on any atom is 0.214 e. The largest absolute Gasteiger partial charge is 0.335 e. The van der Waals surface area contributed by atoms with Crippen molar-refractivity contribution >= 4 is 23.1 Å². The molecule has 0 atom stereocenters. The van der Waals surface area contributed by atoms with Gasteiger partial charge in [-0.15, -0.1) is 0 Å². The van der Waals surface area contributed by atoms with Gasteiger partial charge in [-0.25, -0.2) is 9.77 Å². The first kappa shape index (κ1) is 9.10. The van der Waals surface area contributed by atoms with Gasteiger partial charge in [0.15, 0.2) is 0 Å². The number of benzene rings is 1. The highest BCUT2D eigenvalue weighted by atomic mass is 32.1. The van der Waals surface area contributed by atoms with Gasteiger partial charge in [0.05, 0.1) is 5.52 Å². The van der Waals surface area contributed by atoms with Crippen LogP contribution >= 0.6 is 12.2 Å². The number of fused-ring (bicyclic) bond motifs is 1. The van der Waals surface area contributed by atoms with Crippen LogP contribution in [0.3, 0.4) is 0 Å². The van der Waals surface area contributed by atoms with Gasteiger partial charge in [0.1, 0.15) is 5.69 Å². The van der Waals surface area contributed by atoms with Crippen LogP contribution in [0.2, 0.25) is 0 Å². The molecule has 0 aliphatic carbocycles. The molecule has 7 heteroatoms. The highest BCUT2D eigenvalue weighted by molar-refractivity contribution is 7.71. The summed E-state index contributed by atoms with van der Waals surface area (Å²) in [5, 5.41) is 14.7. The Labute approximate surface area is 95.1 Å². The fourth-order valence-corrected chi connectivity index (χ4v) is 1.74. The topological polar surface area (TPSA) is 88.3 Å². The van der Waals surface area contributed by atoms with Crippen molar-refractivity contribution < 1.29 is 0 Å². The molecule has 0 radical (unpaired) electrons. The molecule has 3 aromatic rings. The zero-order chi connectivity index (χ0) is 11.1. The van der Waals surface area contributed by atoms with E-state index in [9.17, 15) is 0 Å². The van der Waals surface area contributed by atoms with E-state index in [-0.39, 0.29) is 0 Å². The van der Waals surface area contributed by atoms with Gasteiger partial charge in [-0.2, -0.15) is 10.2 Å². The van der Waals surface area contributed by atoms with E-state index >= 15 is 0 Å². The molecule has 0 spiro atoms. The summed E-state index contributed by atoms with van der Waals surface area (Å²) in [7, 11) is 0. The molecule has 0 bridgehead atoms. The molecular formula is C9H8N6S. The van der Waals surface area contributed by atoms with E-state index < -0.39 is 0 Å². The predicted octanol–water partition coefficient (Wildman–Crippen LogP) is 1.20.